The highest BCUT2D eigenvalue weighted by atomic mass is 16.4. The minimum absolute atomic E-state index is 0.201. The Morgan fingerprint density at radius 1 is 1.44 bits per heavy atom. The van der Waals surface area contributed by atoms with Gasteiger partial charge in [-0.05, 0) is 48.4 Å². The molecular formula is C15H17NO2. The minimum atomic E-state index is -0.731. The molecule has 1 heterocycles. The van der Waals surface area contributed by atoms with Gasteiger partial charge in [0.2, 0.25) is 0 Å². The van der Waals surface area contributed by atoms with Crippen LogP contribution in [-0.4, -0.2) is 15.6 Å². The van der Waals surface area contributed by atoms with Crippen LogP contribution in [0, 0.1) is 0 Å². The van der Waals surface area contributed by atoms with E-state index in [0.29, 0.717) is 6.42 Å². The van der Waals surface area contributed by atoms with Crippen LogP contribution in [0.25, 0.3) is 10.9 Å². The number of carboxylic acids is 1. The summed E-state index contributed by atoms with van der Waals surface area (Å²) in [6.07, 6.45) is 5.46. The highest BCUT2D eigenvalue weighted by Gasteiger charge is 2.24. The highest BCUT2D eigenvalue weighted by Crippen LogP contribution is 2.41. The zero-order chi connectivity index (χ0) is 12.7. The van der Waals surface area contributed by atoms with Crippen molar-refractivity contribution in [3.63, 3.8) is 0 Å². The molecule has 2 aromatic rings. The molecule has 1 fully saturated rings. The average Bonchev–Trinajstić information content (AvgIpc) is 3.13. The molecule has 94 valence electrons. The normalized spacial score (nSPS) is 15.2. The maximum atomic E-state index is 10.7. The van der Waals surface area contributed by atoms with Gasteiger partial charge in [0, 0.05) is 30.6 Å². The van der Waals surface area contributed by atoms with Crippen LogP contribution in [0.3, 0.4) is 0 Å². The molecule has 0 spiro atoms. The number of fused-ring (bicyclic) bond motifs is 1. The molecule has 0 unspecified atom stereocenters. The van der Waals surface area contributed by atoms with Crippen LogP contribution in [0.1, 0.15) is 36.3 Å². The fraction of sp³-hybridized carbons (Fsp3) is 0.400. The number of carboxylic acid groups (broad SMARTS) is 1. The third kappa shape index (κ3) is 2.01. The summed E-state index contributed by atoms with van der Waals surface area (Å²) in [5.74, 6) is 0.00674. The van der Waals surface area contributed by atoms with Gasteiger partial charge in [0.1, 0.15) is 0 Å². The van der Waals surface area contributed by atoms with Crippen LogP contribution in [-0.2, 0) is 18.3 Å². The van der Waals surface area contributed by atoms with E-state index in [1.807, 2.05) is 7.05 Å². The second-order valence-corrected chi connectivity index (χ2v) is 5.21. The predicted molar refractivity (Wildman–Crippen MR) is 70.9 cm³/mol. The smallest absolute Gasteiger partial charge is 0.303 e. The van der Waals surface area contributed by atoms with Crippen molar-refractivity contribution in [2.24, 2.45) is 7.05 Å². The third-order valence-electron chi connectivity index (χ3n) is 3.75. The Hall–Kier alpha value is -1.77. The Kier molecular flexibility index (Phi) is 2.62. The number of aryl methyl sites for hydroxylation is 2. The Bertz CT molecular complexity index is 608. The lowest BCUT2D eigenvalue weighted by atomic mass is 10.0. The zero-order valence-electron chi connectivity index (χ0n) is 10.5. The molecule has 18 heavy (non-hydrogen) atoms. The minimum Gasteiger partial charge on any atom is -0.481 e. The molecule has 1 N–H and O–H groups in total. The number of hydrogen-bond donors (Lipinski definition) is 1. The number of aromatic nitrogens is 1. The van der Waals surface area contributed by atoms with E-state index in [1.54, 1.807) is 0 Å². The molecule has 1 aliphatic carbocycles. The molecule has 3 heteroatoms. The van der Waals surface area contributed by atoms with Crippen molar-refractivity contribution >= 4 is 16.9 Å². The zero-order valence-corrected chi connectivity index (χ0v) is 10.5. The fourth-order valence-corrected chi connectivity index (χ4v) is 2.60. The Balaban J connectivity index is 2.01. The lowest BCUT2D eigenvalue weighted by molar-refractivity contribution is -0.136. The summed E-state index contributed by atoms with van der Waals surface area (Å²) in [5.41, 5.74) is 3.75. The first-order valence-electron chi connectivity index (χ1n) is 6.45. The van der Waals surface area contributed by atoms with Crippen molar-refractivity contribution in [1.82, 2.24) is 4.57 Å². The predicted octanol–water partition coefficient (Wildman–Crippen LogP) is 3.07. The standard InChI is InChI=1S/C15H17NO2/c1-16-9-12(5-7-15(17)18)13-8-11(10-2-3-10)4-6-14(13)16/h4,6,8-10H,2-3,5,7H2,1H3,(H,17,18). The van der Waals surface area contributed by atoms with E-state index in [1.165, 1.54) is 29.3 Å². The first kappa shape index (κ1) is 11.3. The van der Waals surface area contributed by atoms with Gasteiger partial charge in [-0.25, -0.2) is 0 Å². The number of carbonyl (C=O) groups is 1. The summed E-state index contributed by atoms with van der Waals surface area (Å²) >= 11 is 0. The highest BCUT2D eigenvalue weighted by molar-refractivity contribution is 5.85. The van der Waals surface area contributed by atoms with Crippen LogP contribution in [0.4, 0.5) is 0 Å². The molecule has 0 saturated heterocycles. The van der Waals surface area contributed by atoms with E-state index in [9.17, 15) is 4.79 Å². The van der Waals surface area contributed by atoms with E-state index in [-0.39, 0.29) is 6.42 Å². The topological polar surface area (TPSA) is 42.2 Å². The van der Waals surface area contributed by atoms with Gasteiger partial charge >= 0.3 is 5.97 Å². The van der Waals surface area contributed by atoms with Gasteiger partial charge in [-0.1, -0.05) is 6.07 Å². The van der Waals surface area contributed by atoms with Gasteiger partial charge in [-0.2, -0.15) is 0 Å². The van der Waals surface area contributed by atoms with Gasteiger partial charge in [0.05, 0.1) is 0 Å². The maximum Gasteiger partial charge on any atom is 0.303 e. The summed E-state index contributed by atoms with van der Waals surface area (Å²) in [4.78, 5) is 10.7. The molecule has 1 aromatic carbocycles. The number of hydrogen-bond acceptors (Lipinski definition) is 1. The number of nitrogens with zero attached hydrogens (tertiary/aromatic N) is 1. The quantitative estimate of drug-likeness (QED) is 0.896. The van der Waals surface area contributed by atoms with Crippen molar-refractivity contribution in [2.45, 2.75) is 31.6 Å². The average molecular weight is 243 g/mol. The molecule has 0 radical (unpaired) electrons. The largest absolute Gasteiger partial charge is 0.481 e. The molecule has 1 aromatic heterocycles. The molecule has 1 aliphatic rings. The fourth-order valence-electron chi connectivity index (χ4n) is 2.60. The van der Waals surface area contributed by atoms with Gasteiger partial charge in [0.25, 0.3) is 0 Å². The molecule has 3 rings (SSSR count). The molecule has 1 saturated carbocycles. The van der Waals surface area contributed by atoms with Crippen molar-refractivity contribution in [3.05, 3.63) is 35.5 Å². The number of benzene rings is 1. The van der Waals surface area contributed by atoms with Crippen LogP contribution in [0.5, 0.6) is 0 Å². The van der Waals surface area contributed by atoms with Crippen molar-refractivity contribution < 1.29 is 9.90 Å². The summed E-state index contributed by atoms with van der Waals surface area (Å²) in [6, 6.07) is 6.62. The van der Waals surface area contributed by atoms with Gasteiger partial charge < -0.3 is 9.67 Å². The van der Waals surface area contributed by atoms with Crippen molar-refractivity contribution in [2.75, 3.05) is 0 Å². The van der Waals surface area contributed by atoms with E-state index in [0.717, 1.165) is 11.5 Å². The van der Waals surface area contributed by atoms with Gasteiger partial charge in [-0.15, -0.1) is 0 Å². The Morgan fingerprint density at radius 3 is 2.89 bits per heavy atom. The number of rotatable bonds is 4. The van der Waals surface area contributed by atoms with Crippen LogP contribution in [0.2, 0.25) is 0 Å². The number of aliphatic carboxylic acids is 1. The first-order chi connectivity index (χ1) is 8.65. The van der Waals surface area contributed by atoms with Crippen molar-refractivity contribution in [3.8, 4) is 0 Å². The molecule has 3 nitrogen and oxygen atoms in total. The van der Waals surface area contributed by atoms with E-state index in [4.69, 9.17) is 5.11 Å². The lowest BCUT2D eigenvalue weighted by Crippen LogP contribution is -1.96. The summed E-state index contributed by atoms with van der Waals surface area (Å²) in [5, 5.41) is 10.0. The van der Waals surface area contributed by atoms with E-state index < -0.39 is 5.97 Å². The van der Waals surface area contributed by atoms with Gasteiger partial charge in [0.15, 0.2) is 0 Å². The Labute approximate surface area is 106 Å². The molecule has 0 aliphatic heterocycles. The lowest BCUT2D eigenvalue weighted by Gasteiger charge is -2.01. The maximum absolute atomic E-state index is 10.7. The van der Waals surface area contributed by atoms with E-state index in [2.05, 4.69) is 29.0 Å². The Morgan fingerprint density at radius 2 is 2.22 bits per heavy atom. The van der Waals surface area contributed by atoms with Crippen LogP contribution >= 0.6 is 0 Å². The monoisotopic (exact) mass is 243 g/mol. The van der Waals surface area contributed by atoms with E-state index >= 15 is 0 Å². The molecular weight excluding hydrogens is 226 g/mol. The summed E-state index contributed by atoms with van der Waals surface area (Å²) in [7, 11) is 2.02. The van der Waals surface area contributed by atoms with Gasteiger partial charge in [-0.3, -0.25) is 4.79 Å². The summed E-state index contributed by atoms with van der Waals surface area (Å²) in [6.45, 7) is 0. The van der Waals surface area contributed by atoms with Crippen LogP contribution < -0.4 is 0 Å². The summed E-state index contributed by atoms with van der Waals surface area (Å²) < 4.78 is 2.09. The van der Waals surface area contributed by atoms with Crippen LogP contribution in [0.15, 0.2) is 24.4 Å². The SMILES string of the molecule is Cn1cc(CCC(=O)O)c2cc(C3CC3)ccc21. The third-order valence-corrected chi connectivity index (χ3v) is 3.75. The second kappa shape index (κ2) is 4.16. The molecule has 0 amide bonds. The van der Waals surface area contributed by atoms with Crippen molar-refractivity contribution in [1.29, 1.82) is 0 Å². The molecule has 0 atom stereocenters. The molecule has 0 bridgehead atoms. The second-order valence-electron chi connectivity index (χ2n) is 5.21. The first-order valence-corrected chi connectivity index (χ1v) is 6.45.